The fourth-order valence-corrected chi connectivity index (χ4v) is 6.34. The lowest BCUT2D eigenvalue weighted by molar-refractivity contribution is -0.148. The van der Waals surface area contributed by atoms with Gasteiger partial charge in [-0.3, -0.25) is 4.79 Å². The average molecular weight is 262 g/mol. The van der Waals surface area contributed by atoms with Gasteiger partial charge in [0.25, 0.3) is 0 Å². The maximum atomic E-state index is 11.8. The number of fused-ring (bicyclic) bond motifs is 1. The third kappa shape index (κ3) is 1.22. The van der Waals surface area contributed by atoms with E-state index in [1.54, 1.807) is 6.26 Å². The SMILES string of the molecule is C=COC1CC23CC1(C2)C1CC(C(=O)OC)CCC13. The fraction of sp³-hybridized carbons (Fsp3) is 0.812. The first-order valence-corrected chi connectivity index (χ1v) is 7.49. The second-order valence-electron chi connectivity index (χ2n) is 7.19. The van der Waals surface area contributed by atoms with Gasteiger partial charge in [0.2, 0.25) is 0 Å². The highest BCUT2D eigenvalue weighted by atomic mass is 16.5. The Balaban J connectivity index is 1.58. The topological polar surface area (TPSA) is 35.5 Å². The maximum absolute atomic E-state index is 11.8. The Morgan fingerprint density at radius 3 is 2.79 bits per heavy atom. The first-order valence-electron chi connectivity index (χ1n) is 7.49. The van der Waals surface area contributed by atoms with E-state index >= 15 is 0 Å². The molecule has 4 unspecified atom stereocenters. The Morgan fingerprint density at radius 1 is 1.32 bits per heavy atom. The third-order valence-electron chi connectivity index (χ3n) is 6.77. The molecule has 2 bridgehead atoms. The van der Waals surface area contributed by atoms with Crippen molar-refractivity contribution in [2.45, 2.75) is 44.6 Å². The molecule has 4 atom stereocenters. The lowest BCUT2D eigenvalue weighted by atomic mass is 9.65. The number of rotatable bonds is 3. The molecule has 0 aromatic rings. The van der Waals surface area contributed by atoms with Crippen LogP contribution in [-0.4, -0.2) is 19.2 Å². The standard InChI is InChI=1S/C16H22O3/c1-3-19-13-7-15-8-16(13,9-15)12-6-10(14(17)18-2)4-5-11(12)15/h3,10-13H,1,4-9H2,2H3. The second-order valence-corrected chi connectivity index (χ2v) is 7.19. The third-order valence-corrected chi connectivity index (χ3v) is 6.77. The van der Waals surface area contributed by atoms with Crippen molar-refractivity contribution in [3.8, 4) is 0 Å². The number of carbonyl (C=O) groups excluding carboxylic acids is 1. The number of hydrogen-bond donors (Lipinski definition) is 0. The zero-order valence-electron chi connectivity index (χ0n) is 11.6. The Labute approximate surface area is 114 Å². The van der Waals surface area contributed by atoms with Crippen molar-refractivity contribution in [1.82, 2.24) is 0 Å². The maximum Gasteiger partial charge on any atom is 0.308 e. The molecule has 0 amide bonds. The summed E-state index contributed by atoms with van der Waals surface area (Å²) in [7, 11) is 1.51. The van der Waals surface area contributed by atoms with Crippen molar-refractivity contribution in [3.05, 3.63) is 12.8 Å². The van der Waals surface area contributed by atoms with Crippen LogP contribution in [0.5, 0.6) is 0 Å². The number of ether oxygens (including phenoxy) is 2. The molecule has 0 aromatic carbocycles. The zero-order chi connectivity index (χ0) is 13.3. The van der Waals surface area contributed by atoms with Crippen LogP contribution in [0.4, 0.5) is 0 Å². The predicted octanol–water partition coefficient (Wildman–Crippen LogP) is 2.90. The van der Waals surface area contributed by atoms with E-state index < -0.39 is 0 Å². The minimum atomic E-state index is -0.00601. The van der Waals surface area contributed by atoms with E-state index in [1.165, 1.54) is 32.8 Å². The number of carbonyl (C=O) groups is 1. The normalized spacial score (nSPS) is 53.1. The minimum Gasteiger partial charge on any atom is -0.498 e. The van der Waals surface area contributed by atoms with Crippen molar-refractivity contribution < 1.29 is 14.3 Å². The van der Waals surface area contributed by atoms with Crippen LogP contribution in [-0.2, 0) is 14.3 Å². The predicted molar refractivity (Wildman–Crippen MR) is 70.1 cm³/mol. The summed E-state index contributed by atoms with van der Waals surface area (Å²) >= 11 is 0. The van der Waals surface area contributed by atoms with Gasteiger partial charge in [-0.2, -0.15) is 0 Å². The molecule has 6 saturated carbocycles. The van der Waals surface area contributed by atoms with Gasteiger partial charge in [0, 0.05) is 5.41 Å². The Bertz CT molecular complexity index is 435. The summed E-state index contributed by atoms with van der Waals surface area (Å²) < 4.78 is 10.7. The van der Waals surface area contributed by atoms with E-state index in [0.29, 0.717) is 22.9 Å². The highest BCUT2D eigenvalue weighted by Crippen LogP contribution is 2.84. The summed E-state index contributed by atoms with van der Waals surface area (Å²) in [4.78, 5) is 11.8. The van der Waals surface area contributed by atoms with Gasteiger partial charge in [-0.1, -0.05) is 6.58 Å². The van der Waals surface area contributed by atoms with Crippen LogP contribution in [0, 0.1) is 28.6 Å². The molecule has 0 spiro atoms. The van der Waals surface area contributed by atoms with Gasteiger partial charge in [-0.15, -0.1) is 0 Å². The van der Waals surface area contributed by atoms with E-state index in [2.05, 4.69) is 6.58 Å². The summed E-state index contributed by atoms with van der Waals surface area (Å²) in [5, 5.41) is 0. The van der Waals surface area contributed by atoms with Crippen LogP contribution in [0.25, 0.3) is 0 Å². The second kappa shape index (κ2) is 3.56. The molecule has 6 aliphatic rings. The minimum absolute atomic E-state index is 0.00601. The van der Waals surface area contributed by atoms with Gasteiger partial charge in [0.15, 0.2) is 0 Å². The van der Waals surface area contributed by atoms with Crippen molar-refractivity contribution in [2.24, 2.45) is 28.6 Å². The van der Waals surface area contributed by atoms with Crippen LogP contribution < -0.4 is 0 Å². The van der Waals surface area contributed by atoms with E-state index in [0.717, 1.165) is 18.8 Å². The molecule has 3 heteroatoms. The molecule has 104 valence electrons. The Hall–Kier alpha value is -0.990. The van der Waals surface area contributed by atoms with Crippen LogP contribution in [0.15, 0.2) is 12.8 Å². The fourth-order valence-electron chi connectivity index (χ4n) is 6.34. The first kappa shape index (κ1) is 11.8. The molecule has 0 saturated heterocycles. The molecule has 3 nitrogen and oxygen atoms in total. The summed E-state index contributed by atoms with van der Waals surface area (Å²) in [6, 6.07) is 0. The molecule has 0 aliphatic heterocycles. The van der Waals surface area contributed by atoms with Crippen LogP contribution in [0.1, 0.15) is 38.5 Å². The number of methoxy groups -OCH3 is 1. The van der Waals surface area contributed by atoms with Gasteiger partial charge in [-0.25, -0.2) is 0 Å². The smallest absolute Gasteiger partial charge is 0.308 e. The number of esters is 1. The van der Waals surface area contributed by atoms with Gasteiger partial charge in [0.05, 0.1) is 19.3 Å². The van der Waals surface area contributed by atoms with Crippen LogP contribution >= 0.6 is 0 Å². The summed E-state index contributed by atoms with van der Waals surface area (Å²) in [6.07, 6.45) is 9.14. The van der Waals surface area contributed by atoms with Gasteiger partial charge < -0.3 is 9.47 Å². The molecular formula is C16H22O3. The number of hydrogen-bond acceptors (Lipinski definition) is 3. The highest BCUT2D eigenvalue weighted by Gasteiger charge is 2.80. The largest absolute Gasteiger partial charge is 0.498 e. The molecule has 19 heavy (non-hydrogen) atoms. The highest BCUT2D eigenvalue weighted by molar-refractivity contribution is 5.72. The Kier molecular flexibility index (Phi) is 2.21. The zero-order valence-corrected chi connectivity index (χ0v) is 11.6. The van der Waals surface area contributed by atoms with E-state index in [4.69, 9.17) is 9.47 Å². The molecular weight excluding hydrogens is 240 g/mol. The molecule has 6 rings (SSSR count). The van der Waals surface area contributed by atoms with Crippen molar-refractivity contribution >= 4 is 5.97 Å². The molecule has 0 N–H and O–H groups in total. The quantitative estimate of drug-likeness (QED) is 0.579. The van der Waals surface area contributed by atoms with Gasteiger partial charge in [-0.05, 0) is 55.8 Å². The lowest BCUT2D eigenvalue weighted by Crippen LogP contribution is -2.40. The summed E-state index contributed by atoms with van der Waals surface area (Å²) in [5.41, 5.74) is 0.922. The van der Waals surface area contributed by atoms with Crippen molar-refractivity contribution in [3.63, 3.8) is 0 Å². The monoisotopic (exact) mass is 262 g/mol. The Morgan fingerprint density at radius 2 is 2.11 bits per heavy atom. The van der Waals surface area contributed by atoms with Crippen LogP contribution in [0.2, 0.25) is 0 Å². The van der Waals surface area contributed by atoms with Crippen molar-refractivity contribution in [1.29, 1.82) is 0 Å². The molecule has 0 radical (unpaired) electrons. The van der Waals surface area contributed by atoms with Gasteiger partial charge in [0.1, 0.15) is 6.10 Å². The van der Waals surface area contributed by atoms with E-state index in [-0.39, 0.29) is 11.9 Å². The molecule has 6 aliphatic carbocycles. The van der Waals surface area contributed by atoms with Crippen molar-refractivity contribution in [2.75, 3.05) is 7.11 Å². The lowest BCUT2D eigenvalue weighted by Gasteiger charge is -2.41. The molecule has 6 fully saturated rings. The van der Waals surface area contributed by atoms with E-state index in [1.807, 2.05) is 0 Å². The molecule has 0 heterocycles. The van der Waals surface area contributed by atoms with Crippen LogP contribution in [0.3, 0.4) is 0 Å². The van der Waals surface area contributed by atoms with E-state index in [9.17, 15) is 4.79 Å². The first-order chi connectivity index (χ1) is 9.15. The summed E-state index contributed by atoms with van der Waals surface area (Å²) in [5.74, 6) is 1.65. The molecule has 0 aromatic heterocycles. The van der Waals surface area contributed by atoms with Gasteiger partial charge >= 0.3 is 5.97 Å². The summed E-state index contributed by atoms with van der Waals surface area (Å²) in [6.45, 7) is 3.72. The average Bonchev–Trinajstić information content (AvgIpc) is 3.04.